The monoisotopic (exact) mass is 862 g/mol. The smallest absolute Gasteiger partial charge is 0.411 e. The molecule has 0 atom stereocenters. The van der Waals surface area contributed by atoms with Gasteiger partial charge in [-0.2, -0.15) is 26.3 Å². The number of hydrogen-bond donors (Lipinski definition) is 4. The minimum absolute atomic E-state index is 0.0925. The van der Waals surface area contributed by atoms with Crippen LogP contribution in [-0.2, 0) is 5.41 Å². The van der Waals surface area contributed by atoms with Gasteiger partial charge in [0.05, 0.1) is 22.3 Å². The number of carboxylic acids is 2. The van der Waals surface area contributed by atoms with E-state index in [2.05, 4.69) is 22.5 Å². The van der Waals surface area contributed by atoms with Crippen molar-refractivity contribution in [2.45, 2.75) is 17.8 Å². The summed E-state index contributed by atoms with van der Waals surface area (Å²) in [7, 11) is 0. The van der Waals surface area contributed by atoms with Crippen LogP contribution in [-0.4, -0.2) is 46.3 Å². The van der Waals surface area contributed by atoms with Gasteiger partial charge in [-0.05, 0) is 120 Å². The molecule has 6 aromatic rings. The van der Waals surface area contributed by atoms with E-state index in [1.165, 1.54) is 84.9 Å². The average molecular weight is 863 g/mol. The van der Waals surface area contributed by atoms with E-state index in [-0.39, 0.29) is 67.8 Å². The molecule has 4 N–H and O–H groups in total. The summed E-state index contributed by atoms with van der Waals surface area (Å²) in [5, 5.41) is 24.0. The highest BCUT2D eigenvalue weighted by atomic mass is 19.4. The Morgan fingerprint density at radius 1 is 0.460 bits per heavy atom. The summed E-state index contributed by atoms with van der Waals surface area (Å²) in [5.41, 5.74) is -6.86. The van der Waals surface area contributed by atoms with Gasteiger partial charge >= 0.3 is 24.3 Å². The third-order valence-corrected chi connectivity index (χ3v) is 9.44. The number of alkyl halides is 6. The van der Waals surface area contributed by atoms with Crippen LogP contribution in [0.4, 0.5) is 37.7 Å². The van der Waals surface area contributed by atoms with E-state index in [0.717, 1.165) is 24.3 Å². The molecule has 10 nitrogen and oxygen atoms in total. The fourth-order valence-corrected chi connectivity index (χ4v) is 6.43. The van der Waals surface area contributed by atoms with Gasteiger partial charge in [0.15, 0.2) is 0 Å². The lowest BCUT2D eigenvalue weighted by molar-refractivity contribution is -0.288. The standard InChI is InChI=1S/C47H28F6N2O8/c1-3-27-5-23-37(43(58)59)39(25-27)41(56)54-31-11-19-35(20-12-31)62-33-15-7-29(8-16-33)45(46(48,49)50,47(51,52)53)30-9-17-34(18-10-30)63-36-21-13-32(14-22-36)55-42(57)40-26-28(4-2)6-24-38(40)44(60)61/h1-2,5-26H,(H,54,56)(H,55,57)(H,58,59)(H,60,61). The predicted octanol–water partition coefficient (Wildman–Crippen LogP) is 10.5. The third kappa shape index (κ3) is 9.30. The summed E-state index contributed by atoms with van der Waals surface area (Å²) in [6, 6.07) is 24.8. The number of carboxylic acid groups (broad SMARTS) is 2. The molecule has 0 aliphatic rings. The predicted molar refractivity (Wildman–Crippen MR) is 217 cm³/mol. The number of ether oxygens (including phenoxy) is 2. The summed E-state index contributed by atoms with van der Waals surface area (Å²) < 4.78 is 101. The van der Waals surface area contributed by atoms with E-state index in [1.54, 1.807) is 0 Å². The lowest BCUT2D eigenvalue weighted by Gasteiger charge is -2.38. The highest BCUT2D eigenvalue weighted by Crippen LogP contribution is 2.56. The van der Waals surface area contributed by atoms with Crippen LogP contribution in [0.5, 0.6) is 23.0 Å². The Hall–Kier alpha value is -8.50. The second-order valence-corrected chi connectivity index (χ2v) is 13.4. The third-order valence-electron chi connectivity index (χ3n) is 9.44. The van der Waals surface area contributed by atoms with Crippen molar-refractivity contribution in [3.8, 4) is 47.7 Å². The number of carbonyl (C=O) groups is 4. The van der Waals surface area contributed by atoms with E-state index in [1.807, 2.05) is 0 Å². The topological polar surface area (TPSA) is 151 Å². The first-order valence-electron chi connectivity index (χ1n) is 18.1. The van der Waals surface area contributed by atoms with Crippen molar-refractivity contribution in [2.24, 2.45) is 0 Å². The fourth-order valence-electron chi connectivity index (χ4n) is 6.43. The Bertz CT molecular complexity index is 2610. The Labute approximate surface area is 353 Å². The highest BCUT2D eigenvalue weighted by molar-refractivity contribution is 6.11. The van der Waals surface area contributed by atoms with E-state index in [9.17, 15) is 55.7 Å². The van der Waals surface area contributed by atoms with Gasteiger partial charge in [-0.25, -0.2) is 9.59 Å². The maximum atomic E-state index is 14.9. The summed E-state index contributed by atoms with van der Waals surface area (Å²) >= 11 is 0. The van der Waals surface area contributed by atoms with Crippen LogP contribution in [0.3, 0.4) is 0 Å². The molecule has 0 saturated heterocycles. The van der Waals surface area contributed by atoms with Gasteiger partial charge < -0.3 is 30.3 Å². The van der Waals surface area contributed by atoms with Crippen molar-refractivity contribution in [2.75, 3.05) is 10.6 Å². The van der Waals surface area contributed by atoms with Crippen LogP contribution in [0.25, 0.3) is 0 Å². The van der Waals surface area contributed by atoms with Crippen LogP contribution in [0.2, 0.25) is 0 Å². The summed E-state index contributed by atoms with van der Waals surface area (Å²) in [6.07, 6.45) is -1.05. The fraction of sp³-hybridized carbons (Fsp3) is 0.0638. The van der Waals surface area contributed by atoms with E-state index in [0.29, 0.717) is 24.3 Å². The first-order chi connectivity index (χ1) is 29.8. The van der Waals surface area contributed by atoms with Crippen LogP contribution in [0, 0.1) is 24.7 Å². The molecule has 0 radical (unpaired) electrons. The van der Waals surface area contributed by atoms with Gasteiger partial charge in [0.2, 0.25) is 5.41 Å². The molecule has 0 aliphatic carbocycles. The number of carbonyl (C=O) groups excluding carboxylic acids is 2. The van der Waals surface area contributed by atoms with Gasteiger partial charge in [-0.15, -0.1) is 12.8 Å². The van der Waals surface area contributed by atoms with Gasteiger partial charge in [0.25, 0.3) is 11.8 Å². The molecule has 0 saturated carbocycles. The van der Waals surface area contributed by atoms with Crippen molar-refractivity contribution in [1.29, 1.82) is 0 Å². The molecule has 63 heavy (non-hydrogen) atoms. The van der Waals surface area contributed by atoms with Gasteiger partial charge in [-0.1, -0.05) is 36.1 Å². The number of benzene rings is 6. The molecule has 0 aliphatic heterocycles. The molecule has 0 aromatic heterocycles. The van der Waals surface area contributed by atoms with Gasteiger partial charge in [0.1, 0.15) is 23.0 Å². The maximum Gasteiger partial charge on any atom is 0.411 e. The first kappa shape index (κ1) is 44.1. The van der Waals surface area contributed by atoms with Crippen LogP contribution in [0.1, 0.15) is 63.7 Å². The molecule has 0 heterocycles. The number of aromatic carboxylic acids is 2. The summed E-state index contributed by atoms with van der Waals surface area (Å²) in [4.78, 5) is 49.0. The largest absolute Gasteiger partial charge is 0.478 e. The second-order valence-electron chi connectivity index (χ2n) is 13.4. The van der Waals surface area contributed by atoms with Crippen molar-refractivity contribution in [1.82, 2.24) is 0 Å². The molecule has 2 amide bonds. The van der Waals surface area contributed by atoms with Crippen LogP contribution in [0.15, 0.2) is 133 Å². The number of terminal acetylenes is 2. The zero-order valence-corrected chi connectivity index (χ0v) is 32.0. The van der Waals surface area contributed by atoms with Crippen LogP contribution < -0.4 is 20.1 Å². The number of halogens is 6. The quantitative estimate of drug-likeness (QED) is 0.0701. The normalized spacial score (nSPS) is 11.4. The van der Waals surface area contributed by atoms with Crippen molar-refractivity contribution in [3.05, 3.63) is 178 Å². The SMILES string of the molecule is C#Cc1ccc(C(=O)O)c(C(=O)Nc2ccc(Oc3ccc(C(c4ccc(Oc5ccc(NC(=O)c6cc(C#C)ccc6C(=O)O)cc5)cc4)(C(F)(F)F)C(F)(F)F)cc3)cc2)c1. The Morgan fingerprint density at radius 2 is 0.762 bits per heavy atom. The lowest BCUT2D eigenvalue weighted by atomic mass is 9.73. The molecule has 0 unspecified atom stereocenters. The van der Waals surface area contributed by atoms with E-state index >= 15 is 0 Å². The Balaban J connectivity index is 1.17. The first-order valence-corrected chi connectivity index (χ1v) is 18.1. The lowest BCUT2D eigenvalue weighted by Crippen LogP contribution is -2.54. The number of anilines is 2. The Kier molecular flexibility index (Phi) is 12.3. The number of nitrogens with one attached hydrogen (secondary N) is 2. The molecule has 316 valence electrons. The van der Waals surface area contributed by atoms with Crippen molar-refractivity contribution >= 4 is 35.1 Å². The molecule has 6 rings (SSSR count). The number of hydrogen-bond acceptors (Lipinski definition) is 6. The maximum absolute atomic E-state index is 14.9. The zero-order chi connectivity index (χ0) is 45.7. The minimum atomic E-state index is -5.89. The van der Waals surface area contributed by atoms with Crippen LogP contribution >= 0.6 is 0 Å². The molecule has 0 spiro atoms. The Morgan fingerprint density at radius 3 is 1.03 bits per heavy atom. The zero-order valence-electron chi connectivity index (χ0n) is 32.0. The molecular formula is C47H28F6N2O8. The second kappa shape index (κ2) is 17.6. The van der Waals surface area contributed by atoms with E-state index < -0.39 is 52.6 Å². The molecule has 16 heteroatoms. The summed E-state index contributed by atoms with van der Waals surface area (Å²) in [6.45, 7) is 0. The number of rotatable bonds is 12. The van der Waals surface area contributed by atoms with Gasteiger partial charge in [0, 0.05) is 22.5 Å². The minimum Gasteiger partial charge on any atom is -0.478 e. The average Bonchev–Trinajstić information content (AvgIpc) is 3.24. The molecule has 0 fully saturated rings. The molecule has 0 bridgehead atoms. The highest BCUT2D eigenvalue weighted by Gasteiger charge is 2.72. The number of amides is 2. The van der Waals surface area contributed by atoms with Crippen molar-refractivity contribution < 1.29 is 65.2 Å². The molecular weight excluding hydrogens is 835 g/mol. The van der Waals surface area contributed by atoms with Gasteiger partial charge in [-0.3, -0.25) is 9.59 Å². The van der Waals surface area contributed by atoms with E-state index in [4.69, 9.17) is 22.3 Å². The molecule has 6 aromatic carbocycles. The summed E-state index contributed by atoms with van der Waals surface area (Å²) in [5.74, 6) is 0.282. The van der Waals surface area contributed by atoms with Crippen molar-refractivity contribution in [3.63, 3.8) is 0 Å².